The molecule has 4 nitrogen and oxygen atoms in total. The lowest BCUT2D eigenvalue weighted by molar-refractivity contribution is 0.306. The molecule has 1 fully saturated rings. The maximum Gasteiger partial charge on any atom is 0.201 e. The number of aromatic nitrogens is 2. The molecule has 0 aliphatic heterocycles. The standard InChI is InChI=1S/C19H21N3O/c1-2-6-14(7-3-1)13-23-16-10-11-17-18(12-16)22-19(21-17)20-15-8-4-5-9-15/h1-3,6-7,10-12,15H,4-5,8-9,13H2,(H2,20,21,22). The minimum Gasteiger partial charge on any atom is -0.489 e. The summed E-state index contributed by atoms with van der Waals surface area (Å²) in [7, 11) is 0. The van der Waals surface area contributed by atoms with Crippen LogP contribution in [0.4, 0.5) is 5.95 Å². The summed E-state index contributed by atoms with van der Waals surface area (Å²) in [5, 5.41) is 3.50. The van der Waals surface area contributed by atoms with Crippen LogP contribution in [0.15, 0.2) is 48.5 Å². The van der Waals surface area contributed by atoms with Gasteiger partial charge in [-0.3, -0.25) is 0 Å². The third-order valence-electron chi connectivity index (χ3n) is 4.40. The molecule has 2 aromatic carbocycles. The number of nitrogens with one attached hydrogen (secondary N) is 2. The first-order valence-corrected chi connectivity index (χ1v) is 8.30. The van der Waals surface area contributed by atoms with Gasteiger partial charge in [0.1, 0.15) is 12.4 Å². The fourth-order valence-corrected chi connectivity index (χ4v) is 3.15. The van der Waals surface area contributed by atoms with Gasteiger partial charge in [0.05, 0.1) is 11.0 Å². The zero-order valence-corrected chi connectivity index (χ0v) is 13.1. The molecule has 0 spiro atoms. The Morgan fingerprint density at radius 3 is 2.74 bits per heavy atom. The van der Waals surface area contributed by atoms with Gasteiger partial charge in [0, 0.05) is 12.1 Å². The fraction of sp³-hybridized carbons (Fsp3) is 0.316. The van der Waals surface area contributed by atoms with E-state index in [9.17, 15) is 0 Å². The second-order valence-electron chi connectivity index (χ2n) is 6.16. The number of anilines is 1. The van der Waals surface area contributed by atoms with E-state index in [0.29, 0.717) is 12.6 Å². The summed E-state index contributed by atoms with van der Waals surface area (Å²) in [5.41, 5.74) is 3.15. The number of aromatic amines is 1. The Morgan fingerprint density at radius 2 is 1.91 bits per heavy atom. The Bertz CT molecular complexity index is 776. The number of ether oxygens (including phenoxy) is 1. The molecule has 4 heteroatoms. The lowest BCUT2D eigenvalue weighted by Gasteiger charge is -2.09. The highest BCUT2D eigenvalue weighted by Gasteiger charge is 2.16. The predicted molar refractivity (Wildman–Crippen MR) is 92.7 cm³/mol. The van der Waals surface area contributed by atoms with Crippen molar-refractivity contribution in [1.29, 1.82) is 0 Å². The van der Waals surface area contributed by atoms with Crippen molar-refractivity contribution in [3.8, 4) is 5.75 Å². The van der Waals surface area contributed by atoms with Crippen molar-refractivity contribution in [2.24, 2.45) is 0 Å². The predicted octanol–water partition coefficient (Wildman–Crippen LogP) is 4.50. The van der Waals surface area contributed by atoms with Crippen LogP contribution in [0.2, 0.25) is 0 Å². The van der Waals surface area contributed by atoms with E-state index in [0.717, 1.165) is 22.7 Å². The third-order valence-corrected chi connectivity index (χ3v) is 4.40. The van der Waals surface area contributed by atoms with Gasteiger partial charge in [0.2, 0.25) is 5.95 Å². The maximum atomic E-state index is 5.87. The smallest absolute Gasteiger partial charge is 0.201 e. The number of imidazole rings is 1. The van der Waals surface area contributed by atoms with Crippen LogP contribution >= 0.6 is 0 Å². The largest absolute Gasteiger partial charge is 0.489 e. The average Bonchev–Trinajstić information content (AvgIpc) is 3.23. The van der Waals surface area contributed by atoms with Crippen molar-refractivity contribution in [3.63, 3.8) is 0 Å². The molecule has 1 aliphatic rings. The first-order chi connectivity index (χ1) is 11.4. The van der Waals surface area contributed by atoms with Gasteiger partial charge in [-0.1, -0.05) is 43.2 Å². The van der Waals surface area contributed by atoms with Crippen LogP contribution in [0.3, 0.4) is 0 Å². The van der Waals surface area contributed by atoms with Gasteiger partial charge >= 0.3 is 0 Å². The summed E-state index contributed by atoms with van der Waals surface area (Å²) in [4.78, 5) is 7.97. The van der Waals surface area contributed by atoms with Crippen LogP contribution in [0.5, 0.6) is 5.75 Å². The molecule has 1 heterocycles. The number of benzene rings is 2. The van der Waals surface area contributed by atoms with Crippen molar-refractivity contribution in [1.82, 2.24) is 9.97 Å². The molecule has 3 aromatic rings. The first kappa shape index (κ1) is 14.1. The quantitative estimate of drug-likeness (QED) is 0.730. The van der Waals surface area contributed by atoms with Crippen molar-refractivity contribution in [2.45, 2.75) is 38.3 Å². The van der Waals surface area contributed by atoms with E-state index in [-0.39, 0.29) is 0 Å². The van der Waals surface area contributed by atoms with E-state index in [1.54, 1.807) is 0 Å². The second kappa shape index (κ2) is 6.32. The highest BCUT2D eigenvalue weighted by atomic mass is 16.5. The number of fused-ring (bicyclic) bond motifs is 1. The highest BCUT2D eigenvalue weighted by molar-refractivity contribution is 5.79. The van der Waals surface area contributed by atoms with E-state index in [1.165, 1.54) is 31.2 Å². The van der Waals surface area contributed by atoms with Crippen LogP contribution in [0.25, 0.3) is 11.0 Å². The molecule has 1 aliphatic carbocycles. The molecule has 4 rings (SSSR count). The minimum absolute atomic E-state index is 0.560. The summed E-state index contributed by atoms with van der Waals surface area (Å²) < 4.78 is 5.87. The van der Waals surface area contributed by atoms with E-state index >= 15 is 0 Å². The van der Waals surface area contributed by atoms with Gasteiger partial charge in [-0.25, -0.2) is 4.98 Å². The number of hydrogen-bond donors (Lipinski definition) is 2. The van der Waals surface area contributed by atoms with Gasteiger partial charge in [-0.2, -0.15) is 0 Å². The number of H-pyrrole nitrogens is 1. The minimum atomic E-state index is 0.560. The van der Waals surface area contributed by atoms with Gasteiger partial charge in [0.25, 0.3) is 0 Å². The summed E-state index contributed by atoms with van der Waals surface area (Å²) >= 11 is 0. The molecule has 0 unspecified atom stereocenters. The molecule has 0 amide bonds. The average molecular weight is 307 g/mol. The van der Waals surface area contributed by atoms with E-state index in [4.69, 9.17) is 4.74 Å². The fourth-order valence-electron chi connectivity index (χ4n) is 3.15. The Balaban J connectivity index is 1.46. The van der Waals surface area contributed by atoms with E-state index < -0.39 is 0 Å². The first-order valence-electron chi connectivity index (χ1n) is 8.30. The van der Waals surface area contributed by atoms with Crippen molar-refractivity contribution < 1.29 is 4.74 Å². The van der Waals surface area contributed by atoms with Gasteiger partial charge < -0.3 is 15.0 Å². The van der Waals surface area contributed by atoms with Gasteiger partial charge in [0.15, 0.2) is 0 Å². The zero-order chi connectivity index (χ0) is 15.5. The van der Waals surface area contributed by atoms with Crippen LogP contribution in [-0.2, 0) is 6.61 Å². The third kappa shape index (κ3) is 3.31. The molecule has 118 valence electrons. The SMILES string of the molecule is c1ccc(COc2ccc3nc(NC4CCCC4)[nH]c3c2)cc1. The highest BCUT2D eigenvalue weighted by Crippen LogP contribution is 2.24. The number of nitrogens with zero attached hydrogens (tertiary/aromatic N) is 1. The van der Waals surface area contributed by atoms with Crippen molar-refractivity contribution in [2.75, 3.05) is 5.32 Å². The second-order valence-corrected chi connectivity index (χ2v) is 6.16. The summed E-state index contributed by atoms with van der Waals surface area (Å²) in [6, 6.07) is 16.8. The molecule has 0 atom stereocenters. The molecule has 1 saturated carbocycles. The molecule has 23 heavy (non-hydrogen) atoms. The molecule has 0 saturated heterocycles. The van der Waals surface area contributed by atoms with Crippen LogP contribution in [0, 0.1) is 0 Å². The Morgan fingerprint density at radius 1 is 1.09 bits per heavy atom. The van der Waals surface area contributed by atoms with Crippen LogP contribution < -0.4 is 10.1 Å². The zero-order valence-electron chi connectivity index (χ0n) is 13.1. The topological polar surface area (TPSA) is 49.9 Å². The lowest BCUT2D eigenvalue weighted by atomic mass is 10.2. The molecular formula is C19H21N3O. The molecule has 0 bridgehead atoms. The van der Waals surface area contributed by atoms with Crippen LogP contribution in [-0.4, -0.2) is 16.0 Å². The Labute approximate surface area is 135 Å². The molecule has 2 N–H and O–H groups in total. The molecule has 0 radical (unpaired) electrons. The Kier molecular flexibility index (Phi) is 3.88. The molecule has 1 aromatic heterocycles. The normalized spacial score (nSPS) is 15.1. The van der Waals surface area contributed by atoms with E-state index in [1.807, 2.05) is 36.4 Å². The number of rotatable bonds is 5. The summed E-state index contributed by atoms with van der Waals surface area (Å²) in [6.07, 6.45) is 5.11. The Hall–Kier alpha value is -2.49. The van der Waals surface area contributed by atoms with Crippen molar-refractivity contribution in [3.05, 3.63) is 54.1 Å². The maximum absolute atomic E-state index is 5.87. The van der Waals surface area contributed by atoms with Crippen molar-refractivity contribution >= 4 is 17.0 Å². The van der Waals surface area contributed by atoms with Crippen LogP contribution in [0.1, 0.15) is 31.2 Å². The van der Waals surface area contributed by atoms with E-state index in [2.05, 4.69) is 27.4 Å². The van der Waals surface area contributed by atoms with Gasteiger partial charge in [-0.15, -0.1) is 0 Å². The lowest BCUT2D eigenvalue weighted by Crippen LogP contribution is -2.15. The monoisotopic (exact) mass is 307 g/mol. The summed E-state index contributed by atoms with van der Waals surface area (Å²) in [6.45, 7) is 0.577. The summed E-state index contributed by atoms with van der Waals surface area (Å²) in [5.74, 6) is 1.73. The van der Waals surface area contributed by atoms with Gasteiger partial charge in [-0.05, 0) is 30.5 Å². The number of hydrogen-bond acceptors (Lipinski definition) is 3. The molecular weight excluding hydrogens is 286 g/mol.